The molecule has 0 atom stereocenters. The molecule has 5 heteroatoms. The van der Waals surface area contributed by atoms with Crippen LogP contribution in [0.25, 0.3) is 6.08 Å². The Bertz CT molecular complexity index is 1100. The van der Waals surface area contributed by atoms with Gasteiger partial charge in [0.25, 0.3) is 0 Å². The van der Waals surface area contributed by atoms with Crippen LogP contribution in [0.4, 0.5) is 5.69 Å². The number of aromatic hydroxyl groups is 2. The van der Waals surface area contributed by atoms with Crippen molar-refractivity contribution >= 4 is 23.3 Å². The Morgan fingerprint density at radius 3 is 2.35 bits per heavy atom. The second-order valence-electron chi connectivity index (χ2n) is 7.06. The summed E-state index contributed by atoms with van der Waals surface area (Å²) >= 11 is 0. The zero-order chi connectivity index (χ0) is 22.2. The van der Waals surface area contributed by atoms with Gasteiger partial charge in [-0.1, -0.05) is 25.1 Å². The molecular weight excluding hydrogens is 390 g/mol. The molecule has 0 aromatic heterocycles. The Morgan fingerprint density at radius 1 is 1.00 bits per heavy atom. The van der Waals surface area contributed by atoms with Crippen molar-refractivity contribution in [3.8, 4) is 17.2 Å². The molecule has 0 saturated heterocycles. The average Bonchev–Trinajstić information content (AvgIpc) is 2.77. The minimum absolute atomic E-state index is 0.00857. The summed E-state index contributed by atoms with van der Waals surface area (Å²) < 4.78 is 5.56. The van der Waals surface area contributed by atoms with Crippen LogP contribution in [0, 0.1) is 0 Å². The highest BCUT2D eigenvalue weighted by atomic mass is 16.5. The predicted octanol–water partition coefficient (Wildman–Crippen LogP) is 5.92. The van der Waals surface area contributed by atoms with E-state index in [1.54, 1.807) is 49.4 Å². The lowest BCUT2D eigenvalue weighted by Gasteiger charge is -2.05. The molecule has 0 radical (unpaired) electrons. The number of hydrogen-bond donors (Lipinski definition) is 2. The first-order valence-electron chi connectivity index (χ1n) is 10.1. The second kappa shape index (κ2) is 10.3. The molecule has 0 fully saturated rings. The van der Waals surface area contributed by atoms with Gasteiger partial charge in [-0.25, -0.2) is 0 Å². The summed E-state index contributed by atoms with van der Waals surface area (Å²) in [7, 11) is 0. The van der Waals surface area contributed by atoms with Crippen LogP contribution < -0.4 is 4.74 Å². The third-order valence-corrected chi connectivity index (χ3v) is 4.60. The highest BCUT2D eigenvalue weighted by Crippen LogP contribution is 2.25. The number of carbonyl (C=O) groups is 1. The zero-order valence-electron chi connectivity index (χ0n) is 17.6. The lowest BCUT2D eigenvalue weighted by molar-refractivity contribution is 0.104. The number of rotatable bonds is 8. The first-order chi connectivity index (χ1) is 15.0. The number of benzene rings is 3. The van der Waals surface area contributed by atoms with Crippen LogP contribution in [0.2, 0.25) is 0 Å². The average molecular weight is 415 g/mol. The molecular formula is C26H25NO4. The molecule has 31 heavy (non-hydrogen) atoms. The van der Waals surface area contributed by atoms with Crippen molar-refractivity contribution in [3.63, 3.8) is 0 Å². The van der Waals surface area contributed by atoms with Gasteiger partial charge in [0.2, 0.25) is 0 Å². The molecule has 3 aromatic carbocycles. The van der Waals surface area contributed by atoms with E-state index >= 15 is 0 Å². The van der Waals surface area contributed by atoms with Crippen molar-refractivity contribution < 1.29 is 19.7 Å². The van der Waals surface area contributed by atoms with E-state index in [4.69, 9.17) is 4.74 Å². The summed E-state index contributed by atoms with van der Waals surface area (Å²) in [5.74, 6) is 0.668. The zero-order valence-corrected chi connectivity index (χ0v) is 17.6. The van der Waals surface area contributed by atoms with E-state index in [0.29, 0.717) is 29.1 Å². The second-order valence-corrected chi connectivity index (χ2v) is 7.06. The van der Waals surface area contributed by atoms with Gasteiger partial charge in [0, 0.05) is 22.9 Å². The molecule has 0 heterocycles. The molecule has 0 unspecified atom stereocenters. The maximum Gasteiger partial charge on any atom is 0.185 e. The molecule has 0 aliphatic heterocycles. The fourth-order valence-corrected chi connectivity index (χ4v) is 2.94. The first kappa shape index (κ1) is 21.8. The van der Waals surface area contributed by atoms with Crippen molar-refractivity contribution in [2.24, 2.45) is 4.99 Å². The third-order valence-electron chi connectivity index (χ3n) is 4.60. The van der Waals surface area contributed by atoms with Crippen molar-refractivity contribution in [3.05, 3.63) is 89.5 Å². The van der Waals surface area contributed by atoms with Crippen molar-refractivity contribution in [1.29, 1.82) is 0 Å². The first-order valence-corrected chi connectivity index (χ1v) is 10.1. The molecule has 0 aliphatic rings. The molecule has 2 N–H and O–H groups in total. The molecule has 3 rings (SSSR count). The van der Waals surface area contributed by atoms with Gasteiger partial charge in [0.1, 0.15) is 17.2 Å². The largest absolute Gasteiger partial charge is 0.508 e. The van der Waals surface area contributed by atoms with E-state index in [-0.39, 0.29) is 17.3 Å². The van der Waals surface area contributed by atoms with Crippen molar-refractivity contribution in [1.82, 2.24) is 0 Å². The van der Waals surface area contributed by atoms with Gasteiger partial charge < -0.3 is 14.9 Å². The van der Waals surface area contributed by atoms with E-state index in [0.717, 1.165) is 17.7 Å². The monoisotopic (exact) mass is 415 g/mol. The van der Waals surface area contributed by atoms with Crippen LogP contribution in [0.3, 0.4) is 0 Å². The topological polar surface area (TPSA) is 79.1 Å². The van der Waals surface area contributed by atoms with Crippen LogP contribution >= 0.6 is 0 Å². The molecule has 0 amide bonds. The SMILES string of the molecule is CCCOc1ccc(/C=C/C(=O)c2ccc(N=C(C)c3ccc(O)cc3O)cc2)cc1. The minimum Gasteiger partial charge on any atom is -0.508 e. The molecule has 0 saturated carbocycles. The van der Waals surface area contributed by atoms with Crippen LogP contribution in [0.1, 0.15) is 41.8 Å². The summed E-state index contributed by atoms with van der Waals surface area (Å²) in [5, 5.41) is 19.4. The fourth-order valence-electron chi connectivity index (χ4n) is 2.94. The van der Waals surface area contributed by atoms with Crippen LogP contribution in [-0.2, 0) is 0 Å². The van der Waals surface area contributed by atoms with Gasteiger partial charge in [0.15, 0.2) is 5.78 Å². The Morgan fingerprint density at radius 2 is 1.71 bits per heavy atom. The summed E-state index contributed by atoms with van der Waals surface area (Å²) in [6.07, 6.45) is 4.27. The number of carbonyl (C=O) groups excluding carboxylic acids is 1. The number of aliphatic imine (C=N–C) groups is 1. The fraction of sp³-hybridized carbons (Fsp3) is 0.154. The van der Waals surface area contributed by atoms with Crippen LogP contribution in [0.15, 0.2) is 77.8 Å². The van der Waals surface area contributed by atoms with Gasteiger partial charge in [0.05, 0.1) is 12.3 Å². The maximum absolute atomic E-state index is 12.5. The van der Waals surface area contributed by atoms with E-state index in [9.17, 15) is 15.0 Å². The van der Waals surface area contributed by atoms with Crippen molar-refractivity contribution in [2.75, 3.05) is 6.61 Å². The van der Waals surface area contributed by atoms with Crippen molar-refractivity contribution in [2.45, 2.75) is 20.3 Å². The lowest BCUT2D eigenvalue weighted by Crippen LogP contribution is -1.95. The predicted molar refractivity (Wildman–Crippen MR) is 124 cm³/mol. The molecule has 0 aliphatic carbocycles. The van der Waals surface area contributed by atoms with E-state index in [1.807, 2.05) is 24.3 Å². The highest BCUT2D eigenvalue weighted by molar-refractivity contribution is 6.07. The number of phenols is 2. The standard InChI is InChI=1S/C26H25NO4/c1-3-16-31-23-12-4-19(5-13-23)6-15-25(29)20-7-9-21(10-8-20)27-18(2)24-14-11-22(28)17-26(24)30/h4-15,17,28,30H,3,16H2,1-2H3/b15-6+,27-18?. The number of allylic oxidation sites excluding steroid dienone is 1. The molecule has 158 valence electrons. The highest BCUT2D eigenvalue weighted by Gasteiger charge is 2.07. The number of ketones is 1. The van der Waals surface area contributed by atoms with E-state index in [1.165, 1.54) is 12.1 Å². The summed E-state index contributed by atoms with van der Waals surface area (Å²) in [6, 6.07) is 18.9. The molecule has 0 bridgehead atoms. The van der Waals surface area contributed by atoms with Gasteiger partial charge in [-0.2, -0.15) is 0 Å². The normalized spacial score (nSPS) is 11.6. The molecule has 5 nitrogen and oxygen atoms in total. The summed E-state index contributed by atoms with van der Waals surface area (Å²) in [6.45, 7) is 4.51. The molecule has 0 spiro atoms. The van der Waals surface area contributed by atoms with Crippen LogP contribution in [-0.4, -0.2) is 28.3 Å². The quantitative estimate of drug-likeness (QED) is 0.272. The lowest BCUT2D eigenvalue weighted by atomic mass is 10.1. The van der Waals surface area contributed by atoms with Gasteiger partial charge in [-0.15, -0.1) is 0 Å². The Hall–Kier alpha value is -3.86. The van der Waals surface area contributed by atoms with Gasteiger partial charge in [-0.05, 0) is 73.5 Å². The molecule has 3 aromatic rings. The third kappa shape index (κ3) is 6.06. The van der Waals surface area contributed by atoms with E-state index in [2.05, 4.69) is 11.9 Å². The Balaban J connectivity index is 1.66. The summed E-state index contributed by atoms with van der Waals surface area (Å²) in [4.78, 5) is 16.9. The van der Waals surface area contributed by atoms with Crippen LogP contribution in [0.5, 0.6) is 17.2 Å². The minimum atomic E-state index is -0.102. The van der Waals surface area contributed by atoms with Gasteiger partial charge in [-0.3, -0.25) is 9.79 Å². The Labute approximate surface area is 182 Å². The number of hydrogen-bond acceptors (Lipinski definition) is 5. The number of phenolic OH excluding ortho intramolecular Hbond substituents is 2. The van der Waals surface area contributed by atoms with E-state index < -0.39 is 0 Å². The maximum atomic E-state index is 12.5. The number of ether oxygens (including phenoxy) is 1. The van der Waals surface area contributed by atoms with Gasteiger partial charge >= 0.3 is 0 Å². The summed E-state index contributed by atoms with van der Waals surface area (Å²) in [5.41, 5.74) is 3.27. The number of nitrogens with zero attached hydrogens (tertiary/aromatic N) is 1. The Kier molecular flexibility index (Phi) is 7.22. The smallest absolute Gasteiger partial charge is 0.185 e.